The molecule has 1 aromatic heterocycles. The minimum Gasteiger partial charge on any atom is -0.371 e. The van der Waals surface area contributed by atoms with Crippen molar-refractivity contribution in [2.75, 3.05) is 19.7 Å². The van der Waals surface area contributed by atoms with Crippen LogP contribution < -0.4 is 5.32 Å². The molecule has 1 aliphatic rings. The van der Waals surface area contributed by atoms with Gasteiger partial charge < -0.3 is 10.1 Å². The van der Waals surface area contributed by atoms with Crippen molar-refractivity contribution < 1.29 is 17.9 Å². The van der Waals surface area contributed by atoms with Gasteiger partial charge in [-0.1, -0.05) is 0 Å². The fourth-order valence-electron chi connectivity index (χ4n) is 2.42. The second kappa shape index (κ2) is 6.43. The fraction of sp³-hybridized carbons (Fsp3) is 0.333. The number of halogens is 4. The molecule has 1 saturated heterocycles. The van der Waals surface area contributed by atoms with Gasteiger partial charge in [-0.15, -0.1) is 0 Å². The quantitative estimate of drug-likeness (QED) is 0.848. The Balaban J connectivity index is 2.08. The van der Waals surface area contributed by atoms with Crippen molar-refractivity contribution in [1.29, 1.82) is 0 Å². The normalized spacial score (nSPS) is 18.9. The molecule has 2 aromatic rings. The minimum absolute atomic E-state index is 0.0166. The molecule has 1 atom stereocenters. The van der Waals surface area contributed by atoms with Gasteiger partial charge in [0.1, 0.15) is 0 Å². The van der Waals surface area contributed by atoms with E-state index in [0.29, 0.717) is 36.5 Å². The third kappa shape index (κ3) is 3.80. The molecule has 23 heavy (non-hydrogen) atoms. The summed E-state index contributed by atoms with van der Waals surface area (Å²) in [5, 5.41) is 3.09. The molecule has 1 aromatic carbocycles. The number of ether oxygens (including phenoxy) is 1. The zero-order valence-electron chi connectivity index (χ0n) is 11.9. The standard InChI is InChI=1S/C15H13ClF3N3O/c16-14-21-2-1-12(22-14)9-5-10(13-8-20-3-4-23-13)7-11(6-9)15(17,18)19/h1-2,5-7,13,20H,3-4,8H2. The van der Waals surface area contributed by atoms with E-state index < -0.39 is 17.8 Å². The summed E-state index contributed by atoms with van der Waals surface area (Å²) in [5.74, 6) is 0. The van der Waals surface area contributed by atoms with Crippen LogP contribution in [0.2, 0.25) is 5.28 Å². The molecule has 1 aliphatic heterocycles. The number of hydrogen-bond donors (Lipinski definition) is 1. The number of alkyl halides is 3. The zero-order valence-corrected chi connectivity index (χ0v) is 12.7. The summed E-state index contributed by atoms with van der Waals surface area (Å²) in [7, 11) is 0. The predicted molar refractivity (Wildman–Crippen MR) is 79.0 cm³/mol. The Morgan fingerprint density at radius 2 is 2.09 bits per heavy atom. The molecule has 0 saturated carbocycles. The first-order valence-corrected chi connectivity index (χ1v) is 7.35. The van der Waals surface area contributed by atoms with Gasteiger partial charge in [0.15, 0.2) is 0 Å². The minimum atomic E-state index is -4.45. The van der Waals surface area contributed by atoms with Gasteiger partial charge in [0, 0.05) is 24.8 Å². The summed E-state index contributed by atoms with van der Waals surface area (Å²) in [6.07, 6.45) is -3.48. The summed E-state index contributed by atoms with van der Waals surface area (Å²) in [5.41, 5.74) is 0.375. The SMILES string of the molecule is FC(F)(F)c1cc(-c2ccnc(Cl)n2)cc(C2CNCCO2)c1. The average molecular weight is 344 g/mol. The summed E-state index contributed by atoms with van der Waals surface area (Å²) >= 11 is 5.73. The van der Waals surface area contributed by atoms with Crippen LogP contribution in [0.3, 0.4) is 0 Å². The van der Waals surface area contributed by atoms with Crippen molar-refractivity contribution in [3.8, 4) is 11.3 Å². The van der Waals surface area contributed by atoms with Gasteiger partial charge in [-0.2, -0.15) is 13.2 Å². The van der Waals surface area contributed by atoms with Gasteiger partial charge in [0.25, 0.3) is 0 Å². The second-order valence-corrected chi connectivity index (χ2v) is 5.45. The van der Waals surface area contributed by atoms with Crippen LogP contribution in [0.4, 0.5) is 13.2 Å². The van der Waals surface area contributed by atoms with E-state index in [1.54, 1.807) is 6.07 Å². The van der Waals surface area contributed by atoms with E-state index in [1.807, 2.05) is 0 Å². The Bertz CT molecular complexity index is 703. The summed E-state index contributed by atoms with van der Waals surface area (Å²) in [6, 6.07) is 5.33. The summed E-state index contributed by atoms with van der Waals surface area (Å²) < 4.78 is 45.1. The monoisotopic (exact) mass is 343 g/mol. The highest BCUT2D eigenvalue weighted by Gasteiger charge is 2.32. The lowest BCUT2D eigenvalue weighted by molar-refractivity contribution is -0.137. The van der Waals surface area contributed by atoms with Crippen LogP contribution in [0.25, 0.3) is 11.3 Å². The molecule has 3 rings (SSSR count). The first-order chi connectivity index (χ1) is 10.9. The summed E-state index contributed by atoms with van der Waals surface area (Å²) in [6.45, 7) is 1.60. The molecule has 1 N–H and O–H groups in total. The van der Waals surface area contributed by atoms with Gasteiger partial charge in [0.05, 0.1) is 24.0 Å². The molecule has 0 aliphatic carbocycles. The van der Waals surface area contributed by atoms with Crippen LogP contribution in [0.5, 0.6) is 0 Å². The number of nitrogens with zero attached hydrogens (tertiary/aromatic N) is 2. The Morgan fingerprint density at radius 3 is 2.74 bits per heavy atom. The third-order valence-electron chi connectivity index (χ3n) is 3.50. The van der Waals surface area contributed by atoms with E-state index in [1.165, 1.54) is 12.3 Å². The molecule has 4 nitrogen and oxygen atoms in total. The maximum Gasteiger partial charge on any atom is 0.416 e. The summed E-state index contributed by atoms with van der Waals surface area (Å²) in [4.78, 5) is 7.73. The number of benzene rings is 1. The number of aromatic nitrogens is 2. The highest BCUT2D eigenvalue weighted by molar-refractivity contribution is 6.28. The van der Waals surface area contributed by atoms with Crippen molar-refractivity contribution in [3.05, 3.63) is 46.9 Å². The molecular weight excluding hydrogens is 331 g/mol. The van der Waals surface area contributed by atoms with E-state index in [-0.39, 0.29) is 5.28 Å². The lowest BCUT2D eigenvalue weighted by Gasteiger charge is -2.25. The second-order valence-electron chi connectivity index (χ2n) is 5.12. The lowest BCUT2D eigenvalue weighted by atomic mass is 9.99. The molecule has 8 heteroatoms. The van der Waals surface area contributed by atoms with Crippen LogP contribution in [0.15, 0.2) is 30.5 Å². The molecule has 0 radical (unpaired) electrons. The Labute approximate surface area is 135 Å². The van der Waals surface area contributed by atoms with Gasteiger partial charge in [-0.3, -0.25) is 0 Å². The average Bonchev–Trinajstić information content (AvgIpc) is 2.54. The van der Waals surface area contributed by atoms with E-state index >= 15 is 0 Å². The van der Waals surface area contributed by atoms with Crippen molar-refractivity contribution in [1.82, 2.24) is 15.3 Å². The van der Waals surface area contributed by atoms with Gasteiger partial charge in [-0.25, -0.2) is 9.97 Å². The first kappa shape index (κ1) is 16.2. The van der Waals surface area contributed by atoms with Gasteiger partial charge >= 0.3 is 6.18 Å². The number of nitrogens with one attached hydrogen (secondary N) is 1. The molecule has 0 bridgehead atoms. The highest BCUT2D eigenvalue weighted by Crippen LogP contribution is 2.35. The molecule has 2 heterocycles. The van der Waals surface area contributed by atoms with E-state index in [9.17, 15) is 13.2 Å². The molecular formula is C15H13ClF3N3O. The van der Waals surface area contributed by atoms with Crippen molar-refractivity contribution in [3.63, 3.8) is 0 Å². The Morgan fingerprint density at radius 1 is 1.26 bits per heavy atom. The maximum atomic E-state index is 13.2. The van der Waals surface area contributed by atoms with E-state index in [2.05, 4.69) is 15.3 Å². The van der Waals surface area contributed by atoms with Crippen LogP contribution in [0.1, 0.15) is 17.2 Å². The molecule has 1 fully saturated rings. The van der Waals surface area contributed by atoms with Gasteiger partial charge in [-0.05, 0) is 41.4 Å². The van der Waals surface area contributed by atoms with Crippen LogP contribution in [-0.4, -0.2) is 29.7 Å². The zero-order chi connectivity index (χ0) is 16.4. The van der Waals surface area contributed by atoms with Crippen molar-refractivity contribution in [2.45, 2.75) is 12.3 Å². The van der Waals surface area contributed by atoms with Gasteiger partial charge in [0.2, 0.25) is 5.28 Å². The molecule has 122 valence electrons. The third-order valence-corrected chi connectivity index (χ3v) is 3.69. The number of rotatable bonds is 2. The van der Waals surface area contributed by atoms with E-state index in [0.717, 1.165) is 12.1 Å². The number of morpholine rings is 1. The lowest BCUT2D eigenvalue weighted by Crippen LogP contribution is -2.33. The van der Waals surface area contributed by atoms with Crippen molar-refractivity contribution in [2.24, 2.45) is 0 Å². The maximum absolute atomic E-state index is 13.2. The molecule has 0 amide bonds. The largest absolute Gasteiger partial charge is 0.416 e. The topological polar surface area (TPSA) is 47.0 Å². The first-order valence-electron chi connectivity index (χ1n) is 6.97. The van der Waals surface area contributed by atoms with E-state index in [4.69, 9.17) is 16.3 Å². The highest BCUT2D eigenvalue weighted by atomic mass is 35.5. The van der Waals surface area contributed by atoms with Crippen LogP contribution >= 0.6 is 11.6 Å². The number of hydrogen-bond acceptors (Lipinski definition) is 4. The van der Waals surface area contributed by atoms with Crippen LogP contribution in [0, 0.1) is 0 Å². The smallest absolute Gasteiger partial charge is 0.371 e. The van der Waals surface area contributed by atoms with Crippen LogP contribution in [-0.2, 0) is 10.9 Å². The fourth-order valence-corrected chi connectivity index (χ4v) is 2.57. The molecule has 1 unspecified atom stereocenters. The Kier molecular flexibility index (Phi) is 4.52. The molecule has 0 spiro atoms. The Hall–Kier alpha value is -1.70. The predicted octanol–water partition coefficient (Wildman–Crippen LogP) is 3.48. The van der Waals surface area contributed by atoms with Crippen molar-refractivity contribution >= 4 is 11.6 Å².